The number of thioether (sulfide) groups is 1. The molecule has 34 heavy (non-hydrogen) atoms. The Morgan fingerprint density at radius 2 is 2.03 bits per heavy atom. The third-order valence-electron chi connectivity index (χ3n) is 6.02. The van der Waals surface area contributed by atoms with Gasteiger partial charge < -0.3 is 9.84 Å². The van der Waals surface area contributed by atoms with Crippen molar-refractivity contribution in [2.24, 2.45) is 5.92 Å². The van der Waals surface area contributed by atoms with E-state index in [1.165, 1.54) is 11.1 Å². The number of benzene rings is 2. The summed E-state index contributed by atoms with van der Waals surface area (Å²) < 4.78 is 5.43. The van der Waals surface area contributed by atoms with Gasteiger partial charge in [-0.15, -0.1) is 0 Å². The maximum atomic E-state index is 12.6. The third-order valence-corrected chi connectivity index (χ3v) is 7.46. The van der Waals surface area contributed by atoms with Gasteiger partial charge in [0.25, 0.3) is 0 Å². The van der Waals surface area contributed by atoms with Gasteiger partial charge in [0.15, 0.2) is 0 Å². The monoisotopic (exact) mass is 498 g/mol. The molecule has 0 unspecified atom stereocenters. The van der Waals surface area contributed by atoms with Crippen LogP contribution in [0.1, 0.15) is 36.3 Å². The number of likely N-dealkylation sites (tertiary alicyclic amines) is 1. The molecule has 2 aromatic carbocycles. The lowest BCUT2D eigenvalue weighted by Crippen LogP contribution is -2.40. The molecular formula is C26H31ClN4O2S. The van der Waals surface area contributed by atoms with Crippen LogP contribution in [0.15, 0.2) is 53.1 Å². The number of hydrogen-bond donors (Lipinski definition) is 1. The number of aryl methyl sites for hydroxylation is 1. The van der Waals surface area contributed by atoms with Gasteiger partial charge in [-0.3, -0.25) is 9.69 Å². The third kappa shape index (κ3) is 7.08. The topological polar surface area (TPSA) is 71.3 Å². The molecule has 2 heterocycles. The average molecular weight is 499 g/mol. The second kappa shape index (κ2) is 12.4. The molecule has 0 bridgehead atoms. The van der Waals surface area contributed by atoms with Crippen LogP contribution in [-0.4, -0.2) is 46.3 Å². The highest BCUT2D eigenvalue weighted by atomic mass is 35.5. The Labute approximate surface area is 210 Å². The van der Waals surface area contributed by atoms with E-state index in [9.17, 15) is 4.79 Å². The highest BCUT2D eigenvalue weighted by Gasteiger charge is 2.26. The van der Waals surface area contributed by atoms with Gasteiger partial charge in [0, 0.05) is 23.8 Å². The summed E-state index contributed by atoms with van der Waals surface area (Å²) in [6.07, 6.45) is 2.69. The fourth-order valence-corrected chi connectivity index (χ4v) is 5.27. The molecule has 1 saturated heterocycles. The van der Waals surface area contributed by atoms with Gasteiger partial charge in [0.2, 0.25) is 17.6 Å². The molecule has 0 atom stereocenters. The van der Waals surface area contributed by atoms with Crippen molar-refractivity contribution in [2.45, 2.75) is 38.5 Å². The van der Waals surface area contributed by atoms with Crippen molar-refractivity contribution in [3.05, 3.63) is 70.6 Å². The van der Waals surface area contributed by atoms with Crippen LogP contribution in [-0.2, 0) is 17.1 Å². The van der Waals surface area contributed by atoms with Gasteiger partial charge in [-0.2, -0.15) is 16.7 Å². The molecule has 0 radical (unpaired) electrons. The molecule has 1 aliphatic rings. The highest BCUT2D eigenvalue weighted by molar-refractivity contribution is 7.98. The minimum absolute atomic E-state index is 0.0811. The maximum Gasteiger partial charge on any atom is 0.241 e. The van der Waals surface area contributed by atoms with Gasteiger partial charge >= 0.3 is 0 Å². The summed E-state index contributed by atoms with van der Waals surface area (Å²) in [4.78, 5) is 19.3. The molecule has 0 aliphatic carbocycles. The lowest BCUT2D eigenvalue weighted by molar-refractivity contribution is -0.126. The molecule has 180 valence electrons. The van der Waals surface area contributed by atoms with E-state index in [4.69, 9.17) is 16.1 Å². The normalized spacial score (nSPS) is 14.9. The van der Waals surface area contributed by atoms with Crippen LogP contribution in [0.4, 0.5) is 0 Å². The number of nitrogens with one attached hydrogen (secondary N) is 1. The number of carbonyl (C=O) groups is 1. The van der Waals surface area contributed by atoms with Crippen molar-refractivity contribution in [1.29, 1.82) is 0 Å². The fraction of sp³-hybridized carbons (Fsp3) is 0.423. The van der Waals surface area contributed by atoms with Crippen molar-refractivity contribution in [3.63, 3.8) is 0 Å². The molecular weight excluding hydrogens is 468 g/mol. The van der Waals surface area contributed by atoms with Crippen molar-refractivity contribution >= 4 is 29.3 Å². The molecule has 0 saturated carbocycles. The number of carbonyl (C=O) groups excluding carboxylic acids is 1. The highest BCUT2D eigenvalue weighted by Crippen LogP contribution is 2.26. The Morgan fingerprint density at radius 3 is 2.82 bits per heavy atom. The summed E-state index contributed by atoms with van der Waals surface area (Å²) in [7, 11) is 0. The van der Waals surface area contributed by atoms with E-state index in [0.717, 1.165) is 56.0 Å². The lowest BCUT2D eigenvalue weighted by Gasteiger charge is -2.30. The van der Waals surface area contributed by atoms with Gasteiger partial charge in [-0.25, -0.2) is 0 Å². The fourth-order valence-electron chi connectivity index (χ4n) is 4.14. The van der Waals surface area contributed by atoms with E-state index < -0.39 is 0 Å². The number of amides is 1. The molecule has 1 amide bonds. The van der Waals surface area contributed by atoms with Crippen molar-refractivity contribution in [1.82, 2.24) is 20.4 Å². The predicted molar refractivity (Wildman–Crippen MR) is 138 cm³/mol. The summed E-state index contributed by atoms with van der Waals surface area (Å²) in [6.45, 7) is 5.14. The zero-order valence-corrected chi connectivity index (χ0v) is 21.1. The molecule has 8 heteroatoms. The van der Waals surface area contributed by atoms with Gasteiger partial charge in [-0.1, -0.05) is 58.7 Å². The Balaban J connectivity index is 1.12. The van der Waals surface area contributed by atoms with Crippen molar-refractivity contribution in [2.75, 3.05) is 25.4 Å². The van der Waals surface area contributed by atoms with Crippen LogP contribution < -0.4 is 5.32 Å². The Kier molecular flexibility index (Phi) is 9.02. The van der Waals surface area contributed by atoms with E-state index in [1.54, 1.807) is 0 Å². The Hall–Kier alpha value is -2.35. The Morgan fingerprint density at radius 1 is 1.21 bits per heavy atom. The first-order valence-electron chi connectivity index (χ1n) is 11.8. The van der Waals surface area contributed by atoms with Crippen molar-refractivity contribution < 1.29 is 9.32 Å². The smallest absolute Gasteiger partial charge is 0.241 e. The molecule has 3 aromatic rings. The average Bonchev–Trinajstić information content (AvgIpc) is 3.30. The number of hydrogen-bond acceptors (Lipinski definition) is 6. The number of aromatic nitrogens is 2. The molecule has 1 N–H and O–H groups in total. The van der Waals surface area contributed by atoms with Crippen LogP contribution in [0.25, 0.3) is 11.4 Å². The van der Waals surface area contributed by atoms with E-state index in [0.29, 0.717) is 23.3 Å². The maximum absolute atomic E-state index is 12.6. The van der Waals surface area contributed by atoms with E-state index in [1.807, 2.05) is 36.0 Å². The molecule has 4 rings (SSSR count). The first kappa shape index (κ1) is 24.8. The summed E-state index contributed by atoms with van der Waals surface area (Å²) >= 11 is 8.15. The first-order valence-corrected chi connectivity index (χ1v) is 13.3. The van der Waals surface area contributed by atoms with Crippen molar-refractivity contribution in [3.8, 4) is 11.4 Å². The van der Waals surface area contributed by atoms with Gasteiger partial charge in [-0.05, 0) is 62.7 Å². The molecule has 1 aliphatic heterocycles. The minimum atomic E-state index is 0.0811. The van der Waals surface area contributed by atoms with Gasteiger partial charge in [0.05, 0.1) is 11.6 Å². The van der Waals surface area contributed by atoms with Crippen LogP contribution in [0.2, 0.25) is 5.02 Å². The first-order chi connectivity index (χ1) is 16.6. The van der Waals surface area contributed by atoms with Crippen LogP contribution in [0.5, 0.6) is 0 Å². The quantitative estimate of drug-likeness (QED) is 0.380. The minimum Gasteiger partial charge on any atom is -0.356 e. The van der Waals surface area contributed by atoms with Crippen LogP contribution >= 0.6 is 23.4 Å². The largest absolute Gasteiger partial charge is 0.356 e. The molecule has 0 spiro atoms. The SMILES string of the molecule is Cc1cccc(CSCCCNC(=O)C2CCN(Cc3nc(-c4ccccc4Cl)no3)CC2)c1. The molecule has 1 aromatic heterocycles. The standard InChI is InChI=1S/C26H31ClN4O2S/c1-19-6-4-7-20(16-19)18-34-15-5-12-28-26(32)21-10-13-31(14-11-21)17-24-29-25(30-33-24)22-8-2-3-9-23(22)27/h2-4,6-9,16,21H,5,10-15,17-18H2,1H3,(H,28,32). The predicted octanol–water partition coefficient (Wildman–Crippen LogP) is 5.35. The van der Waals surface area contributed by atoms with Crippen LogP contribution in [0, 0.1) is 12.8 Å². The number of nitrogens with zero attached hydrogens (tertiary/aromatic N) is 3. The van der Waals surface area contributed by atoms with Crippen LogP contribution in [0.3, 0.4) is 0 Å². The summed E-state index contributed by atoms with van der Waals surface area (Å²) in [5.41, 5.74) is 3.43. The molecule has 1 fully saturated rings. The molecule has 6 nitrogen and oxygen atoms in total. The summed E-state index contributed by atoms with van der Waals surface area (Å²) in [6, 6.07) is 16.1. The zero-order valence-electron chi connectivity index (χ0n) is 19.5. The second-order valence-electron chi connectivity index (χ2n) is 8.73. The lowest BCUT2D eigenvalue weighted by atomic mass is 9.96. The number of halogens is 1. The summed E-state index contributed by atoms with van der Waals surface area (Å²) in [5.74, 6) is 3.41. The Bertz CT molecular complexity index is 1080. The van der Waals surface area contributed by atoms with E-state index in [-0.39, 0.29) is 11.8 Å². The van der Waals surface area contributed by atoms with Gasteiger partial charge in [0.1, 0.15) is 0 Å². The zero-order chi connectivity index (χ0) is 23.8. The number of piperidine rings is 1. The van der Waals surface area contributed by atoms with E-state index in [2.05, 4.69) is 51.5 Å². The number of rotatable bonds is 10. The second-order valence-corrected chi connectivity index (χ2v) is 10.2. The van der Waals surface area contributed by atoms with E-state index >= 15 is 0 Å². The summed E-state index contributed by atoms with van der Waals surface area (Å²) in [5, 5.41) is 7.80.